The molecule has 1 aliphatic heterocycles. The Kier molecular flexibility index (Phi) is 4.36. The first-order valence-electron chi connectivity index (χ1n) is 5.98. The Morgan fingerprint density at radius 1 is 1.47 bits per heavy atom. The maximum atomic E-state index is 11.2. The van der Waals surface area contributed by atoms with E-state index < -0.39 is 10.8 Å². The van der Waals surface area contributed by atoms with Crippen LogP contribution in [0.5, 0.6) is 5.88 Å². The van der Waals surface area contributed by atoms with Crippen molar-refractivity contribution in [2.75, 3.05) is 23.4 Å². The molecule has 2 rings (SSSR count). The SMILES string of the molecule is CCOc1ccc(NC2CCS(=O)CC2)cn1. The van der Waals surface area contributed by atoms with E-state index in [2.05, 4.69) is 10.3 Å². The van der Waals surface area contributed by atoms with Crippen LogP contribution in [0.4, 0.5) is 5.69 Å². The molecule has 94 valence electrons. The quantitative estimate of drug-likeness (QED) is 0.890. The summed E-state index contributed by atoms with van der Waals surface area (Å²) in [5, 5.41) is 3.42. The molecule has 0 unspecified atom stereocenters. The molecule has 17 heavy (non-hydrogen) atoms. The minimum Gasteiger partial charge on any atom is -0.478 e. The van der Waals surface area contributed by atoms with E-state index in [-0.39, 0.29) is 0 Å². The average molecular weight is 254 g/mol. The fourth-order valence-electron chi connectivity index (χ4n) is 1.87. The zero-order valence-corrected chi connectivity index (χ0v) is 10.8. The first-order valence-corrected chi connectivity index (χ1v) is 7.47. The minimum absolute atomic E-state index is 0.424. The molecule has 0 bridgehead atoms. The highest BCUT2D eigenvalue weighted by molar-refractivity contribution is 7.85. The Morgan fingerprint density at radius 2 is 2.24 bits per heavy atom. The molecule has 1 fully saturated rings. The van der Waals surface area contributed by atoms with Crippen LogP contribution in [0.3, 0.4) is 0 Å². The molecular formula is C12H18N2O2S. The predicted octanol–water partition coefficient (Wildman–Crippen LogP) is 1.80. The van der Waals surface area contributed by atoms with E-state index in [1.807, 2.05) is 19.1 Å². The van der Waals surface area contributed by atoms with Crippen LogP contribution in [-0.4, -0.2) is 33.3 Å². The Balaban J connectivity index is 1.88. The van der Waals surface area contributed by atoms with Crippen LogP contribution in [0, 0.1) is 0 Å². The van der Waals surface area contributed by atoms with Crippen molar-refractivity contribution in [2.24, 2.45) is 0 Å². The topological polar surface area (TPSA) is 51.2 Å². The summed E-state index contributed by atoms with van der Waals surface area (Å²) < 4.78 is 16.5. The highest BCUT2D eigenvalue weighted by Gasteiger charge is 2.17. The van der Waals surface area contributed by atoms with E-state index in [4.69, 9.17) is 4.74 Å². The van der Waals surface area contributed by atoms with Gasteiger partial charge in [0.05, 0.1) is 18.5 Å². The fraction of sp³-hybridized carbons (Fsp3) is 0.583. The Hall–Kier alpha value is -1.10. The molecule has 0 saturated carbocycles. The highest BCUT2D eigenvalue weighted by atomic mass is 32.2. The van der Waals surface area contributed by atoms with Gasteiger partial charge >= 0.3 is 0 Å². The molecule has 1 aliphatic rings. The van der Waals surface area contributed by atoms with Gasteiger partial charge in [0.15, 0.2) is 0 Å². The lowest BCUT2D eigenvalue weighted by Crippen LogP contribution is -2.29. The second-order valence-electron chi connectivity index (χ2n) is 4.08. The monoisotopic (exact) mass is 254 g/mol. The number of hydrogen-bond acceptors (Lipinski definition) is 4. The van der Waals surface area contributed by atoms with Gasteiger partial charge in [0.1, 0.15) is 0 Å². The van der Waals surface area contributed by atoms with Crippen molar-refractivity contribution in [3.8, 4) is 5.88 Å². The summed E-state index contributed by atoms with van der Waals surface area (Å²) in [6.45, 7) is 2.57. The van der Waals surface area contributed by atoms with Gasteiger partial charge in [0, 0.05) is 34.4 Å². The molecule has 1 saturated heterocycles. The predicted molar refractivity (Wildman–Crippen MR) is 69.9 cm³/mol. The molecule has 1 N–H and O–H groups in total. The van der Waals surface area contributed by atoms with Crippen LogP contribution in [0.25, 0.3) is 0 Å². The van der Waals surface area contributed by atoms with Gasteiger partial charge in [-0.05, 0) is 25.8 Å². The standard InChI is InChI=1S/C12H18N2O2S/c1-2-16-12-4-3-11(9-13-12)14-10-5-7-17(15)8-6-10/h3-4,9-10,14H,2,5-8H2,1H3. The molecule has 1 aromatic rings. The summed E-state index contributed by atoms with van der Waals surface area (Å²) >= 11 is 0. The van der Waals surface area contributed by atoms with Crippen molar-refractivity contribution < 1.29 is 8.95 Å². The molecule has 0 aliphatic carbocycles. The maximum absolute atomic E-state index is 11.2. The van der Waals surface area contributed by atoms with Gasteiger partial charge in [-0.15, -0.1) is 0 Å². The van der Waals surface area contributed by atoms with E-state index in [1.165, 1.54) is 0 Å². The number of hydrogen-bond donors (Lipinski definition) is 1. The second kappa shape index (κ2) is 6.00. The van der Waals surface area contributed by atoms with Crippen LogP contribution >= 0.6 is 0 Å². The molecule has 2 heterocycles. The van der Waals surface area contributed by atoms with Crippen LogP contribution < -0.4 is 10.1 Å². The molecule has 1 aromatic heterocycles. The third-order valence-electron chi connectivity index (χ3n) is 2.79. The summed E-state index contributed by atoms with van der Waals surface area (Å²) in [4.78, 5) is 4.20. The van der Waals surface area contributed by atoms with E-state index in [0.29, 0.717) is 18.5 Å². The Labute approximate surface area is 104 Å². The number of aromatic nitrogens is 1. The third kappa shape index (κ3) is 3.70. The van der Waals surface area contributed by atoms with Gasteiger partial charge < -0.3 is 10.1 Å². The number of ether oxygens (including phenoxy) is 1. The van der Waals surface area contributed by atoms with Crippen molar-refractivity contribution >= 4 is 16.5 Å². The number of anilines is 1. The van der Waals surface area contributed by atoms with Crippen molar-refractivity contribution in [3.63, 3.8) is 0 Å². The molecule has 4 nitrogen and oxygen atoms in total. The van der Waals surface area contributed by atoms with Crippen LogP contribution in [-0.2, 0) is 10.8 Å². The Bertz CT molecular complexity index is 371. The van der Waals surface area contributed by atoms with Crippen molar-refractivity contribution in [2.45, 2.75) is 25.8 Å². The average Bonchev–Trinajstić information content (AvgIpc) is 2.35. The fourth-order valence-corrected chi connectivity index (χ4v) is 3.17. The van der Waals surface area contributed by atoms with Gasteiger partial charge in [0.25, 0.3) is 0 Å². The van der Waals surface area contributed by atoms with Crippen LogP contribution in [0.15, 0.2) is 18.3 Å². The molecule has 0 atom stereocenters. The lowest BCUT2D eigenvalue weighted by Gasteiger charge is -2.23. The first kappa shape index (κ1) is 12.4. The molecule has 0 radical (unpaired) electrons. The van der Waals surface area contributed by atoms with Gasteiger partial charge in [-0.25, -0.2) is 4.98 Å². The summed E-state index contributed by atoms with van der Waals surface area (Å²) in [6, 6.07) is 4.27. The lowest BCUT2D eigenvalue weighted by molar-refractivity contribution is 0.327. The first-order chi connectivity index (χ1) is 8.28. The molecule has 0 amide bonds. The van der Waals surface area contributed by atoms with Crippen LogP contribution in [0.2, 0.25) is 0 Å². The zero-order valence-electron chi connectivity index (χ0n) is 10.0. The van der Waals surface area contributed by atoms with Crippen molar-refractivity contribution in [3.05, 3.63) is 18.3 Å². The zero-order chi connectivity index (χ0) is 12.1. The smallest absolute Gasteiger partial charge is 0.213 e. The summed E-state index contributed by atoms with van der Waals surface area (Å²) in [6.07, 6.45) is 3.73. The molecule has 0 aromatic carbocycles. The minimum atomic E-state index is -0.601. The second-order valence-corrected chi connectivity index (χ2v) is 5.78. The number of nitrogens with zero attached hydrogens (tertiary/aromatic N) is 1. The van der Waals surface area contributed by atoms with E-state index >= 15 is 0 Å². The number of nitrogens with one attached hydrogen (secondary N) is 1. The van der Waals surface area contributed by atoms with E-state index in [9.17, 15) is 4.21 Å². The number of pyridine rings is 1. The molecule has 5 heteroatoms. The van der Waals surface area contributed by atoms with Crippen LogP contribution in [0.1, 0.15) is 19.8 Å². The summed E-state index contributed by atoms with van der Waals surface area (Å²) in [5.74, 6) is 2.27. The van der Waals surface area contributed by atoms with Crippen molar-refractivity contribution in [1.29, 1.82) is 0 Å². The maximum Gasteiger partial charge on any atom is 0.213 e. The Morgan fingerprint density at radius 3 is 2.82 bits per heavy atom. The largest absolute Gasteiger partial charge is 0.478 e. The number of rotatable bonds is 4. The lowest BCUT2D eigenvalue weighted by atomic mass is 10.1. The van der Waals surface area contributed by atoms with E-state index in [1.54, 1.807) is 6.20 Å². The van der Waals surface area contributed by atoms with Gasteiger partial charge in [-0.1, -0.05) is 0 Å². The van der Waals surface area contributed by atoms with Gasteiger partial charge in [-0.3, -0.25) is 4.21 Å². The van der Waals surface area contributed by atoms with Gasteiger partial charge in [0.2, 0.25) is 5.88 Å². The summed E-state index contributed by atoms with van der Waals surface area (Å²) in [5.41, 5.74) is 1.01. The normalized spacial score (nSPS) is 24.3. The van der Waals surface area contributed by atoms with Gasteiger partial charge in [-0.2, -0.15) is 0 Å². The summed E-state index contributed by atoms with van der Waals surface area (Å²) in [7, 11) is -0.601. The van der Waals surface area contributed by atoms with Crippen molar-refractivity contribution in [1.82, 2.24) is 4.98 Å². The third-order valence-corrected chi connectivity index (χ3v) is 4.17. The molecule has 0 spiro atoms. The molecular weight excluding hydrogens is 236 g/mol. The highest BCUT2D eigenvalue weighted by Crippen LogP contribution is 2.17. The van der Waals surface area contributed by atoms with E-state index in [0.717, 1.165) is 30.0 Å².